The van der Waals surface area contributed by atoms with Gasteiger partial charge >= 0.3 is 0 Å². The second-order valence-corrected chi connectivity index (χ2v) is 17.0. The zero-order valence-corrected chi connectivity index (χ0v) is 34.6. The van der Waals surface area contributed by atoms with E-state index in [1.807, 2.05) is 42.5 Å². The monoisotopic (exact) mass is 824 g/mol. The number of aliphatic hydroxyl groups excluding tert-OH is 2. The molecule has 7 atom stereocenters. The molecule has 0 spiro atoms. The van der Waals surface area contributed by atoms with E-state index in [4.69, 9.17) is 28.9 Å². The number of ether oxygens (including phenoxy) is 4. The van der Waals surface area contributed by atoms with E-state index in [0.29, 0.717) is 54.4 Å². The van der Waals surface area contributed by atoms with E-state index in [9.17, 15) is 19.8 Å². The molecule has 2 fully saturated rings. The number of allylic oxidation sites excluding steroid dienone is 1. The van der Waals surface area contributed by atoms with Crippen molar-refractivity contribution in [2.24, 2.45) is 22.9 Å². The predicted molar refractivity (Wildman–Crippen MR) is 228 cm³/mol. The minimum atomic E-state index is -1.18. The summed E-state index contributed by atoms with van der Waals surface area (Å²) in [6.07, 6.45) is 12.5. The standard InChI is InChI=1S/C47H56N2O9S/c1-3-24-55-47-43(59-37-19-16-34(17-20-37)48-31(2)53)29-41(49-58-44-15-6-9-25-54-44)39-27-33(12-4-7-22-50)38(14-5-8-23-51)45(46(39)47)40-28-36(18-21-42(40)57-47)56-35-13-10-11-32(26-35)30-52/h3,10-11,13,16-21,26-28,30,33,38,43-46,50-51H,1,4-9,12,14-15,22-25,29H2,2H3,(H,48,53)/t33-,38+,43-,44?,45+,46+,47+/m0/s1. The summed E-state index contributed by atoms with van der Waals surface area (Å²) in [6.45, 7) is 6.64. The molecule has 1 saturated carbocycles. The SMILES string of the molecule is C=CCO[C@@]12Oc3ccc(Oc4cccc(C=O)c4)cc3[C@H]3[C@H](CCCCO)[C@@H](CCCCO)C=C(C(=NOC4CCCCO4)C[C@@H]1Sc1ccc(NC(C)=O)cc1)[C@H]32. The second-order valence-electron chi connectivity index (χ2n) is 15.8. The van der Waals surface area contributed by atoms with Gasteiger partial charge in [-0.15, -0.1) is 18.3 Å². The molecule has 3 aromatic carbocycles. The average molecular weight is 825 g/mol. The number of aliphatic hydroxyl groups is 2. The molecule has 1 saturated heterocycles. The summed E-state index contributed by atoms with van der Waals surface area (Å²) in [5, 5.41) is 27.3. The molecule has 2 heterocycles. The van der Waals surface area contributed by atoms with E-state index in [1.165, 1.54) is 6.92 Å². The molecule has 11 nitrogen and oxygen atoms in total. The van der Waals surface area contributed by atoms with E-state index < -0.39 is 12.1 Å². The van der Waals surface area contributed by atoms with Crippen LogP contribution in [0, 0.1) is 17.8 Å². The van der Waals surface area contributed by atoms with Crippen LogP contribution in [0.2, 0.25) is 0 Å². The number of carbonyl (C=O) groups is 2. The Kier molecular flexibility index (Phi) is 14.6. The molecule has 0 radical (unpaired) electrons. The van der Waals surface area contributed by atoms with E-state index >= 15 is 0 Å². The quantitative estimate of drug-likeness (QED) is 0.0463. The number of nitrogens with one attached hydrogen (secondary N) is 1. The number of oxime groups is 1. The van der Waals surface area contributed by atoms with E-state index in [-0.39, 0.29) is 54.6 Å². The number of nitrogens with zero attached hydrogens (tertiary/aromatic N) is 1. The lowest BCUT2D eigenvalue weighted by Gasteiger charge is -2.58. The van der Waals surface area contributed by atoms with E-state index in [2.05, 4.69) is 24.0 Å². The number of aldehydes is 1. The Balaban J connectivity index is 1.39. The lowest BCUT2D eigenvalue weighted by atomic mass is 9.56. The number of hydrogen-bond donors (Lipinski definition) is 3. The van der Waals surface area contributed by atoms with Gasteiger partial charge < -0.3 is 39.3 Å². The van der Waals surface area contributed by atoms with Crippen molar-refractivity contribution in [1.82, 2.24) is 0 Å². The fourth-order valence-electron chi connectivity index (χ4n) is 9.18. The maximum absolute atomic E-state index is 11.8. The lowest BCUT2D eigenvalue weighted by molar-refractivity contribution is -0.223. The summed E-state index contributed by atoms with van der Waals surface area (Å²) in [5.41, 5.74) is 4.07. The van der Waals surface area contributed by atoms with Crippen molar-refractivity contribution in [3.8, 4) is 17.2 Å². The van der Waals surface area contributed by atoms with Crippen LogP contribution in [0.3, 0.4) is 0 Å². The van der Waals surface area contributed by atoms with Crippen LogP contribution < -0.4 is 14.8 Å². The minimum absolute atomic E-state index is 0.109. The Bertz CT molecular complexity index is 1980. The first-order chi connectivity index (χ1) is 28.8. The molecular formula is C47H56N2O9S. The summed E-state index contributed by atoms with van der Waals surface area (Å²) in [4.78, 5) is 30.7. The Morgan fingerprint density at radius 3 is 2.54 bits per heavy atom. The third kappa shape index (κ3) is 9.95. The first-order valence-corrected chi connectivity index (χ1v) is 21.9. The topological polar surface area (TPSA) is 145 Å². The third-order valence-corrected chi connectivity index (χ3v) is 13.0. The van der Waals surface area contributed by atoms with Crippen LogP contribution in [0.25, 0.3) is 0 Å². The van der Waals surface area contributed by atoms with Gasteiger partial charge in [0.15, 0.2) is 0 Å². The number of thioether (sulfide) groups is 1. The second kappa shape index (κ2) is 20.2. The van der Waals surface area contributed by atoms with Gasteiger partial charge in [0.25, 0.3) is 0 Å². The Morgan fingerprint density at radius 1 is 1.02 bits per heavy atom. The fourth-order valence-corrected chi connectivity index (χ4v) is 10.5. The Morgan fingerprint density at radius 2 is 1.81 bits per heavy atom. The van der Waals surface area contributed by atoms with Gasteiger partial charge in [-0.05, 0) is 111 Å². The Hall–Kier alpha value is -4.46. The highest BCUT2D eigenvalue weighted by Crippen LogP contribution is 2.63. The van der Waals surface area contributed by atoms with Crippen molar-refractivity contribution in [3.63, 3.8) is 0 Å². The first-order valence-electron chi connectivity index (χ1n) is 21.0. The molecule has 4 aliphatic rings. The molecule has 2 aliphatic carbocycles. The number of benzene rings is 3. The maximum atomic E-state index is 11.8. The number of fused-ring (bicyclic) bond motifs is 2. The van der Waals surface area contributed by atoms with Crippen molar-refractivity contribution in [2.45, 2.75) is 99.3 Å². The molecule has 7 rings (SSSR count). The van der Waals surface area contributed by atoms with Crippen molar-refractivity contribution >= 4 is 35.4 Å². The minimum Gasteiger partial charge on any atom is -0.460 e. The van der Waals surface area contributed by atoms with Crippen molar-refractivity contribution in [3.05, 3.63) is 102 Å². The molecule has 3 aromatic rings. The highest BCUT2D eigenvalue weighted by Gasteiger charge is 2.64. The van der Waals surface area contributed by atoms with Crippen LogP contribution in [0.15, 0.2) is 101 Å². The van der Waals surface area contributed by atoms with Gasteiger partial charge in [-0.25, -0.2) is 0 Å². The van der Waals surface area contributed by atoms with Gasteiger partial charge in [-0.2, -0.15) is 0 Å². The molecule has 2 aliphatic heterocycles. The van der Waals surface area contributed by atoms with Crippen molar-refractivity contribution in [1.29, 1.82) is 0 Å². The zero-order chi connectivity index (χ0) is 41.2. The highest BCUT2D eigenvalue weighted by atomic mass is 32.2. The molecule has 314 valence electrons. The first kappa shape index (κ1) is 42.7. The zero-order valence-electron chi connectivity index (χ0n) is 33.8. The molecule has 59 heavy (non-hydrogen) atoms. The van der Waals surface area contributed by atoms with Gasteiger partial charge in [0, 0.05) is 60.6 Å². The van der Waals surface area contributed by atoms with Crippen LogP contribution in [-0.2, 0) is 19.1 Å². The molecular weight excluding hydrogens is 769 g/mol. The highest BCUT2D eigenvalue weighted by molar-refractivity contribution is 8.00. The van der Waals surface area contributed by atoms with Crippen LogP contribution in [-0.4, -0.2) is 71.9 Å². The van der Waals surface area contributed by atoms with Crippen LogP contribution in [0.5, 0.6) is 17.2 Å². The third-order valence-electron chi connectivity index (χ3n) is 11.7. The number of rotatable bonds is 19. The molecule has 1 amide bonds. The van der Waals surface area contributed by atoms with Crippen LogP contribution in [0.4, 0.5) is 5.69 Å². The number of amides is 1. The number of carbonyl (C=O) groups excluding carboxylic acids is 2. The van der Waals surface area contributed by atoms with Gasteiger partial charge in [0.05, 0.1) is 30.1 Å². The van der Waals surface area contributed by atoms with Gasteiger partial charge in [-0.3, -0.25) is 9.59 Å². The predicted octanol–water partition coefficient (Wildman–Crippen LogP) is 9.20. The van der Waals surface area contributed by atoms with Gasteiger partial charge in [-0.1, -0.05) is 42.3 Å². The lowest BCUT2D eigenvalue weighted by Crippen LogP contribution is -2.64. The summed E-state index contributed by atoms with van der Waals surface area (Å²) < 4.78 is 26.8. The number of anilines is 1. The smallest absolute Gasteiger partial charge is 0.231 e. The maximum Gasteiger partial charge on any atom is 0.231 e. The fraction of sp³-hybridized carbons (Fsp3) is 0.468. The molecule has 0 aromatic heterocycles. The van der Waals surface area contributed by atoms with Gasteiger partial charge in [0.1, 0.15) is 23.5 Å². The molecule has 3 N–H and O–H groups in total. The number of unbranched alkanes of at least 4 members (excludes halogenated alkanes) is 2. The normalized spacial score (nSPS) is 26.4. The molecule has 12 heteroatoms. The summed E-state index contributed by atoms with van der Waals surface area (Å²) in [6, 6.07) is 20.8. The number of hydrogen-bond acceptors (Lipinski definition) is 11. The van der Waals surface area contributed by atoms with Crippen LogP contribution >= 0.6 is 11.8 Å². The summed E-state index contributed by atoms with van der Waals surface area (Å²) in [7, 11) is 0. The summed E-state index contributed by atoms with van der Waals surface area (Å²) >= 11 is 1.65. The van der Waals surface area contributed by atoms with Crippen molar-refractivity contribution in [2.75, 3.05) is 31.7 Å². The molecule has 0 bridgehead atoms. The molecule has 1 unspecified atom stereocenters. The van der Waals surface area contributed by atoms with Gasteiger partial charge in [0.2, 0.25) is 18.0 Å². The average Bonchev–Trinajstić information content (AvgIpc) is 3.25. The largest absolute Gasteiger partial charge is 0.460 e. The van der Waals surface area contributed by atoms with Crippen LogP contribution in [0.1, 0.15) is 93.0 Å². The van der Waals surface area contributed by atoms with E-state index in [0.717, 1.165) is 73.0 Å². The van der Waals surface area contributed by atoms with E-state index in [1.54, 1.807) is 36.0 Å². The Labute approximate surface area is 351 Å². The van der Waals surface area contributed by atoms with Crippen molar-refractivity contribution < 1.29 is 43.6 Å². The summed E-state index contributed by atoms with van der Waals surface area (Å²) in [5.74, 6) is 0.317.